The van der Waals surface area contributed by atoms with Crippen LogP contribution < -0.4 is 9.62 Å². The fourth-order valence-electron chi connectivity index (χ4n) is 4.75. The van der Waals surface area contributed by atoms with Gasteiger partial charge in [0, 0.05) is 25.0 Å². The van der Waals surface area contributed by atoms with Crippen LogP contribution in [0.5, 0.6) is 0 Å². The van der Waals surface area contributed by atoms with Crippen LogP contribution in [0.25, 0.3) is 0 Å². The van der Waals surface area contributed by atoms with Gasteiger partial charge in [0.2, 0.25) is 11.8 Å². The summed E-state index contributed by atoms with van der Waals surface area (Å²) in [4.78, 5) is 29.2. The van der Waals surface area contributed by atoms with Crippen molar-refractivity contribution in [2.24, 2.45) is 0 Å². The van der Waals surface area contributed by atoms with Crippen molar-refractivity contribution in [3.05, 3.63) is 130 Å². The molecule has 0 aliphatic carbocycles. The zero-order valence-corrected chi connectivity index (χ0v) is 25.4. The van der Waals surface area contributed by atoms with E-state index in [4.69, 9.17) is 11.6 Å². The Labute approximate surface area is 252 Å². The molecule has 0 saturated carbocycles. The fraction of sp³-hybridized carbons (Fsp3) is 0.212. The highest BCUT2D eigenvalue weighted by atomic mass is 35.5. The molecule has 0 aliphatic heterocycles. The van der Waals surface area contributed by atoms with Crippen molar-refractivity contribution in [3.63, 3.8) is 0 Å². The third-order valence-electron chi connectivity index (χ3n) is 7.24. The summed E-state index contributed by atoms with van der Waals surface area (Å²) < 4.78 is 29.3. The molecule has 0 fully saturated rings. The van der Waals surface area contributed by atoms with Crippen molar-refractivity contribution in [2.45, 2.75) is 37.8 Å². The van der Waals surface area contributed by atoms with Gasteiger partial charge < -0.3 is 10.2 Å². The molecular weight excluding hydrogens is 570 g/mol. The Kier molecular flexibility index (Phi) is 10.0. The Balaban J connectivity index is 1.81. The van der Waals surface area contributed by atoms with Gasteiger partial charge in [-0.05, 0) is 66.4 Å². The van der Waals surface area contributed by atoms with Gasteiger partial charge in [-0.1, -0.05) is 84.4 Å². The molecule has 1 N–H and O–H groups in total. The highest BCUT2D eigenvalue weighted by Gasteiger charge is 2.34. The van der Waals surface area contributed by atoms with E-state index >= 15 is 0 Å². The lowest BCUT2D eigenvalue weighted by Crippen LogP contribution is -2.53. The second-order valence-corrected chi connectivity index (χ2v) is 12.3. The lowest BCUT2D eigenvalue weighted by Gasteiger charge is -2.34. The number of aryl methyl sites for hydroxylation is 1. The number of anilines is 1. The Morgan fingerprint density at radius 2 is 1.43 bits per heavy atom. The predicted molar refractivity (Wildman–Crippen MR) is 167 cm³/mol. The molecule has 42 heavy (non-hydrogen) atoms. The lowest BCUT2D eigenvalue weighted by molar-refractivity contribution is -0.139. The number of nitrogens with zero attached hydrogens (tertiary/aromatic N) is 2. The summed E-state index contributed by atoms with van der Waals surface area (Å²) in [6, 6.07) is 28.9. The number of rotatable bonds is 11. The molecule has 0 bridgehead atoms. The van der Waals surface area contributed by atoms with Crippen LogP contribution in [0.2, 0.25) is 5.02 Å². The average Bonchev–Trinajstić information content (AvgIpc) is 3.00. The second kappa shape index (κ2) is 13.7. The number of hydrogen-bond acceptors (Lipinski definition) is 4. The van der Waals surface area contributed by atoms with Gasteiger partial charge >= 0.3 is 0 Å². The van der Waals surface area contributed by atoms with Gasteiger partial charge in [-0.2, -0.15) is 0 Å². The first-order valence-corrected chi connectivity index (χ1v) is 15.4. The number of halogens is 1. The standard InChI is InChI=1S/C33H34ClN3O4S/c1-24-11-10-16-30(25(24)2)37(42(40,41)29-14-8-5-9-15-29)23-32(38)36(22-27-17-19-28(34)20-18-27)31(33(39)35-3)21-26-12-6-4-7-13-26/h4-20,31H,21-23H2,1-3H3,(H,35,39). The maximum atomic E-state index is 14.3. The summed E-state index contributed by atoms with van der Waals surface area (Å²) in [6.07, 6.45) is 0.245. The van der Waals surface area contributed by atoms with E-state index in [0.29, 0.717) is 10.7 Å². The zero-order chi connectivity index (χ0) is 30.3. The predicted octanol–water partition coefficient (Wildman–Crippen LogP) is 5.54. The van der Waals surface area contributed by atoms with Crippen LogP contribution in [0.4, 0.5) is 5.69 Å². The molecule has 0 aliphatic rings. The Morgan fingerprint density at radius 3 is 2.05 bits per heavy atom. The Morgan fingerprint density at radius 1 is 0.810 bits per heavy atom. The first-order chi connectivity index (χ1) is 20.1. The molecule has 218 valence electrons. The summed E-state index contributed by atoms with van der Waals surface area (Å²) in [5.74, 6) is -0.875. The molecule has 0 spiro atoms. The van der Waals surface area contributed by atoms with Gasteiger partial charge in [-0.25, -0.2) is 8.42 Å². The number of amides is 2. The minimum Gasteiger partial charge on any atom is -0.357 e. The van der Waals surface area contributed by atoms with Gasteiger partial charge in [0.05, 0.1) is 10.6 Å². The lowest BCUT2D eigenvalue weighted by atomic mass is 10.0. The van der Waals surface area contributed by atoms with Crippen LogP contribution in [0, 0.1) is 13.8 Å². The molecule has 9 heteroatoms. The summed E-state index contributed by atoms with van der Waals surface area (Å²) in [6.45, 7) is 3.30. The van der Waals surface area contributed by atoms with E-state index in [0.717, 1.165) is 26.6 Å². The van der Waals surface area contributed by atoms with Crippen LogP contribution in [0.15, 0.2) is 108 Å². The van der Waals surface area contributed by atoms with E-state index in [1.54, 1.807) is 54.6 Å². The summed E-state index contributed by atoms with van der Waals surface area (Å²) in [5, 5.41) is 3.23. The van der Waals surface area contributed by atoms with Gasteiger partial charge in [0.25, 0.3) is 10.0 Å². The maximum Gasteiger partial charge on any atom is 0.264 e. The normalized spacial score (nSPS) is 11.9. The molecular formula is C33H34ClN3O4S. The molecule has 1 atom stereocenters. The van der Waals surface area contributed by atoms with E-state index in [9.17, 15) is 18.0 Å². The number of benzene rings is 4. The van der Waals surface area contributed by atoms with E-state index in [1.807, 2.05) is 50.2 Å². The maximum absolute atomic E-state index is 14.3. The van der Waals surface area contributed by atoms with Crippen molar-refractivity contribution in [2.75, 3.05) is 17.9 Å². The number of likely N-dealkylation sites (N-methyl/N-ethyl adjacent to an activating group) is 1. The van der Waals surface area contributed by atoms with Crippen molar-refractivity contribution in [3.8, 4) is 0 Å². The molecule has 4 aromatic rings. The number of carbonyl (C=O) groups is 2. The first kappa shape index (κ1) is 30.8. The van der Waals surface area contributed by atoms with Crippen molar-refractivity contribution in [1.82, 2.24) is 10.2 Å². The van der Waals surface area contributed by atoms with Crippen LogP contribution in [-0.2, 0) is 32.6 Å². The third kappa shape index (κ3) is 7.19. The van der Waals surface area contributed by atoms with E-state index < -0.39 is 28.5 Å². The highest BCUT2D eigenvalue weighted by Crippen LogP contribution is 2.29. The number of hydrogen-bond donors (Lipinski definition) is 1. The molecule has 1 unspecified atom stereocenters. The number of sulfonamides is 1. The molecule has 0 heterocycles. The smallest absolute Gasteiger partial charge is 0.264 e. The van der Waals surface area contributed by atoms with E-state index in [1.165, 1.54) is 24.1 Å². The van der Waals surface area contributed by atoms with Crippen LogP contribution >= 0.6 is 11.6 Å². The van der Waals surface area contributed by atoms with Gasteiger partial charge in [0.1, 0.15) is 12.6 Å². The van der Waals surface area contributed by atoms with Gasteiger partial charge in [-0.15, -0.1) is 0 Å². The van der Waals surface area contributed by atoms with Gasteiger partial charge in [0.15, 0.2) is 0 Å². The SMILES string of the molecule is CNC(=O)C(Cc1ccccc1)N(Cc1ccc(Cl)cc1)C(=O)CN(c1cccc(C)c1C)S(=O)(=O)c1ccccc1. The largest absolute Gasteiger partial charge is 0.357 e. The van der Waals surface area contributed by atoms with Crippen molar-refractivity contribution < 1.29 is 18.0 Å². The van der Waals surface area contributed by atoms with Crippen LogP contribution in [-0.4, -0.2) is 44.8 Å². The van der Waals surface area contributed by atoms with Gasteiger partial charge in [-0.3, -0.25) is 13.9 Å². The van der Waals surface area contributed by atoms with Crippen molar-refractivity contribution in [1.29, 1.82) is 0 Å². The first-order valence-electron chi connectivity index (χ1n) is 13.5. The second-order valence-electron chi connectivity index (χ2n) is 10.0. The minimum absolute atomic E-state index is 0.0649. The van der Waals surface area contributed by atoms with Crippen LogP contribution in [0.3, 0.4) is 0 Å². The monoisotopic (exact) mass is 603 g/mol. The Bertz CT molecular complexity index is 1630. The number of nitrogens with one attached hydrogen (secondary N) is 1. The van der Waals surface area contributed by atoms with E-state index in [2.05, 4.69) is 5.32 Å². The summed E-state index contributed by atoms with van der Waals surface area (Å²) in [7, 11) is -2.62. The molecule has 0 aromatic heterocycles. The number of carbonyl (C=O) groups excluding carboxylic acids is 2. The summed E-state index contributed by atoms with van der Waals surface area (Å²) >= 11 is 6.11. The highest BCUT2D eigenvalue weighted by molar-refractivity contribution is 7.92. The molecule has 2 amide bonds. The quantitative estimate of drug-likeness (QED) is 0.244. The molecule has 4 aromatic carbocycles. The zero-order valence-electron chi connectivity index (χ0n) is 23.8. The third-order valence-corrected chi connectivity index (χ3v) is 9.26. The average molecular weight is 604 g/mol. The molecule has 0 saturated heterocycles. The fourth-order valence-corrected chi connectivity index (χ4v) is 6.36. The van der Waals surface area contributed by atoms with Crippen LogP contribution in [0.1, 0.15) is 22.3 Å². The molecule has 4 rings (SSSR count). The molecule has 7 nitrogen and oxygen atoms in total. The summed E-state index contributed by atoms with van der Waals surface area (Å²) in [5.41, 5.74) is 3.64. The topological polar surface area (TPSA) is 86.8 Å². The Hall–Kier alpha value is -4.14. The van der Waals surface area contributed by atoms with Crippen molar-refractivity contribution >= 4 is 39.1 Å². The van der Waals surface area contributed by atoms with E-state index in [-0.39, 0.29) is 23.8 Å². The minimum atomic E-state index is -4.14. The molecule has 0 radical (unpaired) electrons.